The number of rotatable bonds is 3. The minimum atomic E-state index is -0.338. The van der Waals surface area contributed by atoms with Crippen LogP contribution in [-0.4, -0.2) is 20.7 Å². The van der Waals surface area contributed by atoms with E-state index in [1.165, 1.54) is 11.3 Å². The number of nitrogens with two attached hydrogens (primary N) is 1. The van der Waals surface area contributed by atoms with Gasteiger partial charge in [0.2, 0.25) is 0 Å². The van der Waals surface area contributed by atoms with Crippen molar-refractivity contribution in [3.05, 3.63) is 35.7 Å². The fourth-order valence-electron chi connectivity index (χ4n) is 2.02. The van der Waals surface area contributed by atoms with Gasteiger partial charge in [-0.05, 0) is 31.5 Å². The molecule has 0 atom stereocenters. The third-order valence-corrected chi connectivity index (χ3v) is 4.03. The Morgan fingerprint density at radius 1 is 1.48 bits per heavy atom. The number of hydrogen-bond donors (Lipinski definition) is 2. The molecular formula is C14H15N5OS. The van der Waals surface area contributed by atoms with Crippen LogP contribution in [0.4, 0.5) is 10.8 Å². The van der Waals surface area contributed by atoms with Crippen molar-refractivity contribution in [1.29, 1.82) is 0 Å². The van der Waals surface area contributed by atoms with E-state index >= 15 is 0 Å². The van der Waals surface area contributed by atoms with Gasteiger partial charge in [-0.1, -0.05) is 17.4 Å². The largest absolute Gasteiger partial charge is 0.396 e. The first-order valence-electron chi connectivity index (χ1n) is 6.58. The summed E-state index contributed by atoms with van der Waals surface area (Å²) in [5.74, 6) is -0.338. The van der Waals surface area contributed by atoms with Crippen LogP contribution in [0.25, 0.3) is 10.2 Å². The van der Waals surface area contributed by atoms with Gasteiger partial charge in [0.25, 0.3) is 5.91 Å². The second kappa shape index (κ2) is 5.17. The molecule has 0 saturated heterocycles. The monoisotopic (exact) mass is 301 g/mol. The molecule has 0 aliphatic rings. The lowest BCUT2D eigenvalue weighted by Gasteiger charge is -1.98. The summed E-state index contributed by atoms with van der Waals surface area (Å²) in [6.45, 7) is 4.62. The van der Waals surface area contributed by atoms with Crippen molar-refractivity contribution in [3.63, 3.8) is 0 Å². The van der Waals surface area contributed by atoms with Crippen LogP contribution in [-0.2, 0) is 6.54 Å². The van der Waals surface area contributed by atoms with Crippen LogP contribution in [0, 0.1) is 6.92 Å². The predicted molar refractivity (Wildman–Crippen MR) is 84.6 cm³/mol. The van der Waals surface area contributed by atoms with Gasteiger partial charge in [0.1, 0.15) is 0 Å². The van der Waals surface area contributed by atoms with E-state index in [4.69, 9.17) is 5.73 Å². The number of aromatic nitrogens is 3. The number of amides is 1. The minimum Gasteiger partial charge on any atom is -0.396 e. The Bertz CT molecular complexity index is 820. The second-order valence-corrected chi connectivity index (χ2v) is 5.76. The van der Waals surface area contributed by atoms with E-state index in [1.54, 1.807) is 10.9 Å². The van der Waals surface area contributed by atoms with E-state index in [0.29, 0.717) is 17.4 Å². The van der Waals surface area contributed by atoms with Crippen molar-refractivity contribution in [3.8, 4) is 0 Å². The van der Waals surface area contributed by atoms with Gasteiger partial charge in [-0.15, -0.1) is 0 Å². The number of hydrogen-bond acceptors (Lipinski definition) is 5. The van der Waals surface area contributed by atoms with E-state index in [-0.39, 0.29) is 11.6 Å². The number of nitrogen functional groups attached to an aromatic ring is 1. The number of carbonyl (C=O) groups is 1. The molecule has 0 aliphatic heterocycles. The lowest BCUT2D eigenvalue weighted by molar-refractivity contribution is 0.102. The number of carbonyl (C=O) groups excluding carboxylic acids is 1. The third kappa shape index (κ3) is 2.59. The van der Waals surface area contributed by atoms with E-state index in [2.05, 4.69) is 15.4 Å². The summed E-state index contributed by atoms with van der Waals surface area (Å²) in [6, 6.07) is 5.98. The average molecular weight is 301 g/mol. The molecule has 21 heavy (non-hydrogen) atoms. The summed E-state index contributed by atoms with van der Waals surface area (Å²) in [7, 11) is 0. The van der Waals surface area contributed by atoms with Gasteiger partial charge in [0.05, 0.1) is 15.9 Å². The fraction of sp³-hybridized carbons (Fsp3) is 0.214. The van der Waals surface area contributed by atoms with Crippen LogP contribution in [0.3, 0.4) is 0 Å². The second-order valence-electron chi connectivity index (χ2n) is 4.73. The number of thiazole rings is 1. The van der Waals surface area contributed by atoms with Crippen LogP contribution in [0.2, 0.25) is 0 Å². The van der Waals surface area contributed by atoms with Crippen LogP contribution >= 0.6 is 11.3 Å². The number of aryl methyl sites for hydroxylation is 2. The maximum atomic E-state index is 12.2. The number of nitrogens with one attached hydrogen (secondary N) is 1. The molecule has 0 saturated carbocycles. The molecule has 0 radical (unpaired) electrons. The van der Waals surface area contributed by atoms with E-state index in [9.17, 15) is 4.79 Å². The molecule has 0 bridgehead atoms. The Morgan fingerprint density at radius 2 is 2.29 bits per heavy atom. The summed E-state index contributed by atoms with van der Waals surface area (Å²) in [5.41, 5.74) is 8.43. The summed E-state index contributed by atoms with van der Waals surface area (Å²) in [5, 5.41) is 7.45. The van der Waals surface area contributed by atoms with Gasteiger partial charge >= 0.3 is 0 Å². The van der Waals surface area contributed by atoms with Crippen molar-refractivity contribution >= 4 is 38.3 Å². The molecular weight excluding hydrogens is 286 g/mol. The zero-order chi connectivity index (χ0) is 15.0. The number of fused-ring (bicyclic) bond motifs is 1. The highest BCUT2D eigenvalue weighted by Gasteiger charge is 2.16. The lowest BCUT2D eigenvalue weighted by atomic mass is 10.2. The Balaban J connectivity index is 1.87. The quantitative estimate of drug-likeness (QED) is 0.778. The van der Waals surface area contributed by atoms with Gasteiger partial charge in [0.15, 0.2) is 10.8 Å². The van der Waals surface area contributed by atoms with E-state index in [0.717, 1.165) is 15.8 Å². The van der Waals surface area contributed by atoms with Gasteiger partial charge < -0.3 is 5.73 Å². The highest BCUT2D eigenvalue weighted by atomic mass is 32.1. The van der Waals surface area contributed by atoms with Crippen LogP contribution < -0.4 is 11.1 Å². The molecule has 1 amide bonds. The molecule has 3 N–H and O–H groups in total. The van der Waals surface area contributed by atoms with Gasteiger partial charge in [0, 0.05) is 12.7 Å². The van der Waals surface area contributed by atoms with Gasteiger partial charge in [-0.2, -0.15) is 5.10 Å². The van der Waals surface area contributed by atoms with E-state index in [1.807, 2.05) is 32.0 Å². The molecule has 6 nitrogen and oxygen atoms in total. The molecule has 0 spiro atoms. The van der Waals surface area contributed by atoms with E-state index < -0.39 is 0 Å². The minimum absolute atomic E-state index is 0.229. The summed E-state index contributed by atoms with van der Waals surface area (Å²) >= 11 is 1.43. The highest BCUT2D eigenvalue weighted by molar-refractivity contribution is 7.22. The number of anilines is 2. The standard InChI is InChI=1S/C14H15N5OS/c1-3-19-7-9(15)12(18-19)13(20)17-14-16-10-5-4-8(2)6-11(10)21-14/h4-7H,3,15H2,1-2H3,(H,16,17,20). The molecule has 3 aromatic rings. The molecule has 0 fully saturated rings. The first kappa shape index (κ1) is 13.6. The van der Waals surface area contributed by atoms with Crippen molar-refractivity contribution in [2.24, 2.45) is 0 Å². The molecule has 108 valence electrons. The Morgan fingerprint density at radius 3 is 3.00 bits per heavy atom. The molecule has 2 aromatic heterocycles. The molecule has 0 aliphatic carbocycles. The topological polar surface area (TPSA) is 85.8 Å². The maximum absolute atomic E-state index is 12.2. The highest BCUT2D eigenvalue weighted by Crippen LogP contribution is 2.27. The number of benzene rings is 1. The molecule has 3 rings (SSSR count). The number of nitrogens with zero attached hydrogens (tertiary/aromatic N) is 3. The predicted octanol–water partition coefficient (Wildman–Crippen LogP) is 2.66. The zero-order valence-electron chi connectivity index (χ0n) is 11.8. The van der Waals surface area contributed by atoms with Crippen LogP contribution in [0.15, 0.2) is 24.4 Å². The van der Waals surface area contributed by atoms with Gasteiger partial charge in [-0.3, -0.25) is 14.8 Å². The average Bonchev–Trinajstić information content (AvgIpc) is 3.00. The Kier molecular flexibility index (Phi) is 3.34. The Labute approximate surface area is 125 Å². The van der Waals surface area contributed by atoms with Crippen LogP contribution in [0.5, 0.6) is 0 Å². The summed E-state index contributed by atoms with van der Waals surface area (Å²) in [6.07, 6.45) is 1.65. The molecule has 7 heteroatoms. The van der Waals surface area contributed by atoms with Crippen molar-refractivity contribution in [1.82, 2.24) is 14.8 Å². The van der Waals surface area contributed by atoms with Crippen molar-refractivity contribution in [2.75, 3.05) is 11.1 Å². The summed E-state index contributed by atoms with van der Waals surface area (Å²) < 4.78 is 2.67. The molecule has 0 unspecified atom stereocenters. The molecule has 2 heterocycles. The normalized spacial score (nSPS) is 11.0. The summed E-state index contributed by atoms with van der Waals surface area (Å²) in [4.78, 5) is 16.6. The van der Waals surface area contributed by atoms with Gasteiger partial charge in [-0.25, -0.2) is 4.98 Å². The maximum Gasteiger partial charge on any atom is 0.280 e. The lowest BCUT2D eigenvalue weighted by Crippen LogP contribution is -2.14. The zero-order valence-corrected chi connectivity index (χ0v) is 12.6. The van der Waals surface area contributed by atoms with Crippen LogP contribution in [0.1, 0.15) is 23.0 Å². The Hall–Kier alpha value is -2.41. The third-order valence-electron chi connectivity index (χ3n) is 3.09. The van der Waals surface area contributed by atoms with Crippen molar-refractivity contribution < 1.29 is 4.79 Å². The molecule has 1 aromatic carbocycles. The first-order chi connectivity index (χ1) is 10.1. The smallest absolute Gasteiger partial charge is 0.280 e. The fourth-order valence-corrected chi connectivity index (χ4v) is 2.98. The SMILES string of the molecule is CCn1cc(N)c(C(=O)Nc2nc3ccc(C)cc3s2)n1. The van der Waals surface area contributed by atoms with Crippen molar-refractivity contribution in [2.45, 2.75) is 20.4 Å². The first-order valence-corrected chi connectivity index (χ1v) is 7.40.